The summed E-state index contributed by atoms with van der Waals surface area (Å²) in [6, 6.07) is 3.92. The van der Waals surface area contributed by atoms with Crippen molar-refractivity contribution >= 4 is 17.4 Å². The van der Waals surface area contributed by atoms with Gasteiger partial charge >= 0.3 is 0 Å². The normalized spacial score (nSPS) is 18.4. The number of benzene rings is 1. The number of amides is 1. The number of ketones is 1. The number of Topliss-reactive ketones (excluding diaryl/α,β-unsaturated/α-hetero) is 1. The van der Waals surface area contributed by atoms with Gasteiger partial charge in [0.25, 0.3) is 11.7 Å². The van der Waals surface area contributed by atoms with Crippen LogP contribution in [0.3, 0.4) is 0 Å². The molecule has 1 heterocycles. The lowest BCUT2D eigenvalue weighted by Crippen LogP contribution is -2.30. The molecule has 1 fully saturated rings. The summed E-state index contributed by atoms with van der Waals surface area (Å²) in [4.78, 5) is 25.7. The number of carbonyl (C=O) groups excluding carboxylic acids is 2. The van der Waals surface area contributed by atoms with Crippen molar-refractivity contribution in [2.45, 2.75) is 33.1 Å². The number of hydrogen-bond acceptors (Lipinski definition) is 2. The smallest absolute Gasteiger partial charge is 0.299 e. The molecular weight excluding hydrogens is 226 g/mol. The maximum atomic E-state index is 12.0. The Bertz CT molecular complexity index is 544. The molecule has 0 unspecified atom stereocenters. The second-order valence-electron chi connectivity index (χ2n) is 5.49. The van der Waals surface area contributed by atoms with Crippen LogP contribution in [0.2, 0.25) is 0 Å². The van der Waals surface area contributed by atoms with Gasteiger partial charge < -0.3 is 4.90 Å². The van der Waals surface area contributed by atoms with Crippen LogP contribution in [-0.4, -0.2) is 18.2 Å². The minimum Gasteiger partial charge on any atom is -0.305 e. The lowest BCUT2D eigenvalue weighted by atomic mass is 10.0. The Morgan fingerprint density at radius 1 is 1.22 bits per heavy atom. The second-order valence-corrected chi connectivity index (χ2v) is 5.49. The van der Waals surface area contributed by atoms with E-state index in [4.69, 9.17) is 0 Å². The van der Waals surface area contributed by atoms with Gasteiger partial charge in [-0.3, -0.25) is 9.59 Å². The maximum Gasteiger partial charge on any atom is 0.299 e. The summed E-state index contributed by atoms with van der Waals surface area (Å²) in [5, 5.41) is 0. The molecule has 18 heavy (non-hydrogen) atoms. The number of aryl methyl sites for hydroxylation is 2. The van der Waals surface area contributed by atoms with E-state index in [1.807, 2.05) is 26.0 Å². The first-order chi connectivity index (χ1) is 8.58. The third-order valence-corrected chi connectivity index (χ3v) is 3.87. The Kier molecular flexibility index (Phi) is 2.51. The summed E-state index contributed by atoms with van der Waals surface area (Å²) in [5.74, 6) is 0.0838. The topological polar surface area (TPSA) is 37.4 Å². The van der Waals surface area contributed by atoms with Gasteiger partial charge in [0.05, 0.1) is 11.3 Å². The molecule has 3 heteroatoms. The number of rotatable bonds is 3. The van der Waals surface area contributed by atoms with Crippen LogP contribution in [0.15, 0.2) is 12.1 Å². The predicted molar refractivity (Wildman–Crippen MR) is 69.9 cm³/mol. The first-order valence-corrected chi connectivity index (χ1v) is 6.55. The lowest BCUT2D eigenvalue weighted by molar-refractivity contribution is -0.114. The van der Waals surface area contributed by atoms with Crippen LogP contribution in [-0.2, 0) is 4.79 Å². The van der Waals surface area contributed by atoms with E-state index >= 15 is 0 Å². The molecule has 1 aliphatic carbocycles. The van der Waals surface area contributed by atoms with Gasteiger partial charge in [-0.1, -0.05) is 18.9 Å². The molecule has 0 spiro atoms. The molecule has 3 nitrogen and oxygen atoms in total. The summed E-state index contributed by atoms with van der Waals surface area (Å²) in [6.45, 7) is 4.59. The fourth-order valence-electron chi connectivity index (χ4n) is 2.73. The van der Waals surface area contributed by atoms with Crippen molar-refractivity contribution in [2.75, 3.05) is 11.4 Å². The average molecular weight is 243 g/mol. The van der Waals surface area contributed by atoms with Crippen molar-refractivity contribution in [3.63, 3.8) is 0 Å². The van der Waals surface area contributed by atoms with E-state index in [9.17, 15) is 9.59 Å². The van der Waals surface area contributed by atoms with Crippen LogP contribution in [0.4, 0.5) is 5.69 Å². The van der Waals surface area contributed by atoms with E-state index in [1.54, 1.807) is 4.90 Å². The molecule has 0 aromatic heterocycles. The highest BCUT2D eigenvalue weighted by molar-refractivity contribution is 6.52. The Balaban J connectivity index is 1.97. The van der Waals surface area contributed by atoms with Crippen molar-refractivity contribution in [3.05, 3.63) is 28.8 Å². The Labute approximate surface area is 107 Å². The lowest BCUT2D eigenvalue weighted by Gasteiger charge is -2.17. The van der Waals surface area contributed by atoms with Crippen LogP contribution in [0.25, 0.3) is 0 Å². The third kappa shape index (κ3) is 1.74. The number of fused-ring (bicyclic) bond motifs is 1. The summed E-state index contributed by atoms with van der Waals surface area (Å²) in [5.41, 5.74) is 3.45. The molecule has 0 saturated heterocycles. The predicted octanol–water partition coefficient (Wildman–Crippen LogP) is 2.63. The molecule has 94 valence electrons. The minimum absolute atomic E-state index is 0.335. The van der Waals surface area contributed by atoms with Crippen LogP contribution in [0.5, 0.6) is 0 Å². The van der Waals surface area contributed by atoms with Gasteiger partial charge in [0.1, 0.15) is 0 Å². The summed E-state index contributed by atoms with van der Waals surface area (Å²) in [7, 11) is 0. The van der Waals surface area contributed by atoms with Crippen LogP contribution in [0, 0.1) is 19.8 Å². The van der Waals surface area contributed by atoms with Gasteiger partial charge in [0.15, 0.2) is 0 Å². The molecule has 1 aromatic rings. The summed E-state index contributed by atoms with van der Waals surface area (Å²) < 4.78 is 0. The second kappa shape index (κ2) is 3.94. The Morgan fingerprint density at radius 2 is 1.94 bits per heavy atom. The molecule has 0 N–H and O–H groups in total. The van der Waals surface area contributed by atoms with E-state index in [-0.39, 0.29) is 11.7 Å². The number of carbonyl (C=O) groups is 2. The fraction of sp³-hybridized carbons (Fsp3) is 0.467. The fourth-order valence-corrected chi connectivity index (χ4v) is 2.73. The molecule has 1 saturated carbocycles. The molecule has 0 atom stereocenters. The Hall–Kier alpha value is -1.64. The van der Waals surface area contributed by atoms with Crippen molar-refractivity contribution < 1.29 is 9.59 Å². The Morgan fingerprint density at radius 3 is 2.61 bits per heavy atom. The van der Waals surface area contributed by atoms with Crippen LogP contribution >= 0.6 is 0 Å². The highest BCUT2D eigenvalue weighted by Crippen LogP contribution is 2.36. The van der Waals surface area contributed by atoms with E-state index in [2.05, 4.69) is 0 Å². The van der Waals surface area contributed by atoms with Crippen molar-refractivity contribution in [1.29, 1.82) is 0 Å². The maximum absolute atomic E-state index is 12.0. The molecule has 1 aliphatic heterocycles. The number of anilines is 1. The largest absolute Gasteiger partial charge is 0.305 e. The molecule has 1 aromatic carbocycles. The first kappa shape index (κ1) is 11.5. The quantitative estimate of drug-likeness (QED) is 0.765. The van der Waals surface area contributed by atoms with Gasteiger partial charge in [0, 0.05) is 6.54 Å². The highest BCUT2D eigenvalue weighted by atomic mass is 16.2. The third-order valence-electron chi connectivity index (χ3n) is 3.87. The van der Waals surface area contributed by atoms with Gasteiger partial charge in [-0.15, -0.1) is 0 Å². The van der Waals surface area contributed by atoms with Gasteiger partial charge in [0.2, 0.25) is 0 Å². The van der Waals surface area contributed by atoms with Gasteiger partial charge in [-0.2, -0.15) is 0 Å². The van der Waals surface area contributed by atoms with Gasteiger partial charge in [-0.25, -0.2) is 0 Å². The highest BCUT2D eigenvalue weighted by Gasteiger charge is 2.37. The molecule has 2 aliphatic rings. The van der Waals surface area contributed by atoms with Crippen molar-refractivity contribution in [2.24, 2.45) is 5.92 Å². The molecular formula is C15H17NO2. The molecule has 0 radical (unpaired) electrons. The molecule has 1 amide bonds. The summed E-state index contributed by atoms with van der Waals surface area (Å²) >= 11 is 0. The SMILES string of the molecule is Cc1cc(C)c2c(c1)N(CCC1CC1)C(=O)C2=O. The summed E-state index contributed by atoms with van der Waals surface area (Å²) in [6.07, 6.45) is 3.57. The van der Waals surface area contributed by atoms with Crippen molar-refractivity contribution in [1.82, 2.24) is 0 Å². The van der Waals surface area contributed by atoms with E-state index in [1.165, 1.54) is 12.8 Å². The van der Waals surface area contributed by atoms with E-state index in [0.717, 1.165) is 29.2 Å². The average Bonchev–Trinajstić information content (AvgIpc) is 3.08. The zero-order chi connectivity index (χ0) is 12.9. The van der Waals surface area contributed by atoms with Crippen LogP contribution < -0.4 is 4.90 Å². The zero-order valence-electron chi connectivity index (χ0n) is 10.8. The standard InChI is InChI=1S/C15H17NO2/c1-9-7-10(2)13-12(8-9)16(15(18)14(13)17)6-5-11-3-4-11/h7-8,11H,3-6H2,1-2H3. The van der Waals surface area contributed by atoms with Gasteiger partial charge in [-0.05, 0) is 43.4 Å². The number of hydrogen-bond donors (Lipinski definition) is 0. The van der Waals surface area contributed by atoms with E-state index < -0.39 is 0 Å². The number of nitrogens with zero attached hydrogens (tertiary/aromatic N) is 1. The van der Waals surface area contributed by atoms with Crippen molar-refractivity contribution in [3.8, 4) is 0 Å². The monoisotopic (exact) mass is 243 g/mol. The van der Waals surface area contributed by atoms with Crippen LogP contribution in [0.1, 0.15) is 40.7 Å². The molecule has 0 bridgehead atoms. The minimum atomic E-state index is -0.348. The first-order valence-electron chi connectivity index (χ1n) is 6.55. The zero-order valence-corrected chi connectivity index (χ0v) is 10.8. The van der Waals surface area contributed by atoms with E-state index in [0.29, 0.717) is 12.1 Å². The molecule has 3 rings (SSSR count).